The maximum atomic E-state index is 12.1. The van der Waals surface area contributed by atoms with Crippen molar-refractivity contribution in [3.63, 3.8) is 0 Å². The summed E-state index contributed by atoms with van der Waals surface area (Å²) in [5.41, 5.74) is 3.28. The van der Waals surface area contributed by atoms with Gasteiger partial charge in [-0.25, -0.2) is 4.79 Å². The van der Waals surface area contributed by atoms with Gasteiger partial charge in [-0.1, -0.05) is 36.4 Å². The van der Waals surface area contributed by atoms with E-state index >= 15 is 0 Å². The van der Waals surface area contributed by atoms with Crippen molar-refractivity contribution >= 4 is 5.97 Å². The minimum atomic E-state index is -0.330. The van der Waals surface area contributed by atoms with Crippen molar-refractivity contribution in [1.29, 1.82) is 0 Å². The summed E-state index contributed by atoms with van der Waals surface area (Å²) in [6.07, 6.45) is 9.33. The molecule has 0 aliphatic heterocycles. The number of hydrogen-bond acceptors (Lipinski definition) is 2. The van der Waals surface area contributed by atoms with Gasteiger partial charge in [0.2, 0.25) is 0 Å². The van der Waals surface area contributed by atoms with E-state index < -0.39 is 0 Å². The van der Waals surface area contributed by atoms with E-state index in [2.05, 4.69) is 18.1 Å². The summed E-state index contributed by atoms with van der Waals surface area (Å²) in [5, 5.41) is 0. The number of carbonyl (C=O) groups is 1. The second-order valence-corrected chi connectivity index (χ2v) is 5.33. The maximum Gasteiger partial charge on any atom is 0.338 e. The number of ether oxygens (including phenoxy) is 1. The minimum absolute atomic E-state index is 0. The van der Waals surface area contributed by atoms with Crippen LogP contribution in [0.1, 0.15) is 39.9 Å². The first kappa shape index (κ1) is 16.9. The van der Waals surface area contributed by atoms with Crippen LogP contribution in [0.5, 0.6) is 0 Å². The van der Waals surface area contributed by atoms with Crippen molar-refractivity contribution < 1.29 is 42.2 Å². The van der Waals surface area contributed by atoms with Crippen molar-refractivity contribution in [2.75, 3.05) is 7.11 Å². The Morgan fingerprint density at radius 2 is 1.86 bits per heavy atom. The molecular weight excluding hydrogens is 349 g/mol. The molecule has 3 heteroatoms. The van der Waals surface area contributed by atoms with Crippen molar-refractivity contribution in [1.82, 2.24) is 0 Å². The van der Waals surface area contributed by atoms with Gasteiger partial charge in [-0.15, -0.1) is 17.7 Å². The molecule has 1 radical (unpaired) electrons. The van der Waals surface area contributed by atoms with Crippen molar-refractivity contribution in [2.45, 2.75) is 18.3 Å². The zero-order chi connectivity index (χ0) is 14.9. The second kappa shape index (κ2) is 6.77. The number of esters is 1. The molecule has 1 aliphatic rings. The Hall–Kier alpha value is -1.43. The fourth-order valence-electron chi connectivity index (χ4n) is 2.90. The first-order valence-electron chi connectivity index (χ1n) is 6.92. The molecule has 2 aromatic carbocycles. The Kier molecular flexibility index (Phi) is 5.21. The summed E-state index contributed by atoms with van der Waals surface area (Å²) in [4.78, 5) is 12.1. The summed E-state index contributed by atoms with van der Waals surface area (Å²) in [5.74, 6) is 2.07. The molecule has 1 aliphatic carbocycles. The van der Waals surface area contributed by atoms with Crippen LogP contribution < -0.4 is 0 Å². The van der Waals surface area contributed by atoms with E-state index in [-0.39, 0.29) is 44.1 Å². The van der Waals surface area contributed by atoms with Crippen molar-refractivity contribution in [3.05, 3.63) is 77.2 Å². The number of methoxy groups -OCH3 is 1. The fourth-order valence-corrected chi connectivity index (χ4v) is 2.90. The Labute approximate surface area is 156 Å². The van der Waals surface area contributed by atoms with Crippen LogP contribution in [0, 0.1) is 12.3 Å². The van der Waals surface area contributed by atoms with E-state index in [1.807, 2.05) is 24.3 Å². The number of carbonyl (C=O) groups excluding carboxylic acids is 1. The van der Waals surface area contributed by atoms with Crippen LogP contribution in [0.25, 0.3) is 0 Å². The molecule has 3 rings (SSSR count). The molecule has 2 aromatic rings. The van der Waals surface area contributed by atoms with E-state index in [0.29, 0.717) is 11.1 Å². The molecule has 0 bridgehead atoms. The normalized spacial score (nSPS) is 14.4. The summed E-state index contributed by atoms with van der Waals surface area (Å²) < 4.78 is 4.90. The van der Waals surface area contributed by atoms with E-state index in [4.69, 9.17) is 11.2 Å². The van der Waals surface area contributed by atoms with Crippen molar-refractivity contribution in [3.8, 4) is 5.92 Å². The molecule has 0 saturated heterocycles. The number of hydrogen-bond donors (Lipinski definition) is 0. The molecular formula is C19H15O2Y-. The largest absolute Gasteiger partial charge is 0.465 e. The van der Waals surface area contributed by atoms with E-state index in [1.54, 1.807) is 12.1 Å². The minimum Gasteiger partial charge on any atom is -0.465 e. The van der Waals surface area contributed by atoms with Crippen LogP contribution in [0.15, 0.2) is 48.5 Å². The predicted molar refractivity (Wildman–Crippen MR) is 80.5 cm³/mol. The smallest absolute Gasteiger partial charge is 0.338 e. The molecule has 0 unspecified atom stereocenters. The Morgan fingerprint density at radius 1 is 1.18 bits per heavy atom. The number of rotatable bonds is 3. The van der Waals surface area contributed by atoms with Crippen LogP contribution in [-0.4, -0.2) is 13.1 Å². The van der Waals surface area contributed by atoms with Gasteiger partial charge in [-0.05, 0) is 24.0 Å². The van der Waals surface area contributed by atoms with E-state index in [1.165, 1.54) is 12.7 Å². The Balaban J connectivity index is 0.00000176. The average Bonchev–Trinajstić information content (AvgIpc) is 3.36. The van der Waals surface area contributed by atoms with Crippen LogP contribution in [0.4, 0.5) is 0 Å². The molecule has 0 N–H and O–H groups in total. The zero-order valence-corrected chi connectivity index (χ0v) is 15.3. The maximum absolute atomic E-state index is 12.1. The summed E-state index contributed by atoms with van der Waals surface area (Å²) >= 11 is 0. The summed E-state index contributed by atoms with van der Waals surface area (Å²) in [6.45, 7) is 0. The quantitative estimate of drug-likeness (QED) is 0.474. The molecule has 22 heavy (non-hydrogen) atoms. The Bertz CT molecular complexity index is 725. The van der Waals surface area contributed by atoms with Gasteiger partial charge in [0.15, 0.2) is 0 Å². The summed E-state index contributed by atoms with van der Waals surface area (Å²) in [7, 11) is 1.39. The van der Waals surface area contributed by atoms with E-state index in [9.17, 15) is 4.79 Å². The summed E-state index contributed by atoms with van der Waals surface area (Å²) in [6, 6.07) is 15.6. The van der Waals surface area contributed by atoms with Gasteiger partial charge in [0, 0.05) is 38.1 Å². The van der Waals surface area contributed by atoms with Crippen LogP contribution >= 0.6 is 0 Å². The van der Waals surface area contributed by atoms with Crippen LogP contribution in [0.3, 0.4) is 0 Å². The molecule has 107 valence electrons. The van der Waals surface area contributed by atoms with Gasteiger partial charge in [-0.2, -0.15) is 0 Å². The first-order chi connectivity index (χ1) is 10.2. The molecule has 1 fully saturated rings. The van der Waals surface area contributed by atoms with Crippen LogP contribution in [0.2, 0.25) is 0 Å². The Morgan fingerprint density at radius 3 is 2.41 bits per heavy atom. The van der Waals surface area contributed by atoms with Gasteiger partial charge >= 0.3 is 5.97 Å². The van der Waals surface area contributed by atoms with E-state index in [0.717, 1.165) is 18.4 Å². The molecule has 1 saturated carbocycles. The van der Waals surface area contributed by atoms with Gasteiger partial charge in [0.1, 0.15) is 0 Å². The van der Waals surface area contributed by atoms with Gasteiger partial charge in [0.25, 0.3) is 0 Å². The molecule has 0 atom stereocenters. The van der Waals surface area contributed by atoms with Gasteiger partial charge in [0.05, 0.1) is 12.7 Å². The molecule has 0 amide bonds. The second-order valence-electron chi connectivity index (χ2n) is 5.33. The average molecular weight is 364 g/mol. The SMILES string of the molecule is [C-]#Cc1ccc(C(=O)OC)c(C2(c3ccccc3)CC2)c1.[Y]. The number of benzene rings is 2. The monoisotopic (exact) mass is 364 g/mol. The van der Waals surface area contributed by atoms with Crippen molar-refractivity contribution in [2.24, 2.45) is 0 Å². The third-order valence-corrected chi connectivity index (χ3v) is 4.16. The van der Waals surface area contributed by atoms with Crippen LogP contribution in [-0.2, 0) is 42.9 Å². The third kappa shape index (κ3) is 2.89. The van der Waals surface area contributed by atoms with Gasteiger partial charge < -0.3 is 11.2 Å². The zero-order valence-electron chi connectivity index (χ0n) is 12.4. The molecule has 0 spiro atoms. The predicted octanol–water partition coefficient (Wildman–Crippen LogP) is 3.49. The van der Waals surface area contributed by atoms with Gasteiger partial charge in [-0.3, -0.25) is 5.92 Å². The molecule has 0 aromatic heterocycles. The topological polar surface area (TPSA) is 26.3 Å². The molecule has 2 nitrogen and oxygen atoms in total. The third-order valence-electron chi connectivity index (χ3n) is 4.16. The standard InChI is InChI=1S/C19H15O2.Y/c1-3-14-9-10-16(18(20)21-2)17(13-14)19(11-12-19)15-7-5-4-6-8-15;/h4-10,13H,11-12H2,2H3;/q-1;. The fraction of sp³-hybridized carbons (Fsp3) is 0.211. The molecule has 0 heterocycles. The first-order valence-corrected chi connectivity index (χ1v) is 6.92.